The van der Waals surface area contributed by atoms with Gasteiger partial charge in [0.25, 0.3) is 5.19 Å². The Morgan fingerprint density at radius 1 is 1.14 bits per heavy atom. The molecule has 1 aliphatic heterocycles. The normalized spacial score (nSPS) is 16.9. The zero-order valence-corrected chi connectivity index (χ0v) is 16.3. The van der Waals surface area contributed by atoms with Gasteiger partial charge in [-0.05, 0) is 23.8 Å². The van der Waals surface area contributed by atoms with Crippen LogP contribution in [0.15, 0.2) is 24.5 Å². The molecule has 0 radical (unpaired) electrons. The summed E-state index contributed by atoms with van der Waals surface area (Å²) in [6.07, 6.45) is 4.68. The molecule has 146 valence electrons. The number of hydrogen-bond acceptors (Lipinski definition) is 8. The van der Waals surface area contributed by atoms with Crippen LogP contribution < -0.4 is 14.2 Å². The van der Waals surface area contributed by atoms with E-state index in [1.54, 1.807) is 23.3 Å². The Labute approximate surface area is 164 Å². The SMILES string of the molecule is COc1cc(OCC2CCOC2)c2cc(-c3cn4nc(OC)sc4n3)nn2c1. The van der Waals surface area contributed by atoms with Crippen molar-refractivity contribution in [2.45, 2.75) is 6.42 Å². The van der Waals surface area contributed by atoms with Crippen LogP contribution in [-0.2, 0) is 4.74 Å². The lowest BCUT2D eigenvalue weighted by atomic mass is 10.1. The molecule has 9 nitrogen and oxygen atoms in total. The summed E-state index contributed by atoms with van der Waals surface area (Å²) in [5.74, 6) is 1.82. The second-order valence-corrected chi connectivity index (χ2v) is 7.49. The van der Waals surface area contributed by atoms with Crippen LogP contribution in [-0.4, -0.2) is 58.3 Å². The third kappa shape index (κ3) is 3.04. The van der Waals surface area contributed by atoms with Crippen LogP contribution in [0.2, 0.25) is 0 Å². The lowest BCUT2D eigenvalue weighted by Crippen LogP contribution is -2.12. The van der Waals surface area contributed by atoms with Crippen molar-refractivity contribution in [3.63, 3.8) is 0 Å². The Balaban J connectivity index is 1.50. The summed E-state index contributed by atoms with van der Waals surface area (Å²) in [7, 11) is 3.22. The second-order valence-electron chi connectivity index (χ2n) is 6.57. The van der Waals surface area contributed by atoms with Crippen LogP contribution in [0.1, 0.15) is 6.42 Å². The van der Waals surface area contributed by atoms with Gasteiger partial charge in [0.1, 0.15) is 28.4 Å². The van der Waals surface area contributed by atoms with E-state index < -0.39 is 0 Å². The average molecular weight is 401 g/mol. The van der Waals surface area contributed by atoms with Crippen LogP contribution in [0.3, 0.4) is 0 Å². The van der Waals surface area contributed by atoms with E-state index in [1.807, 2.05) is 24.5 Å². The first kappa shape index (κ1) is 17.3. The van der Waals surface area contributed by atoms with E-state index >= 15 is 0 Å². The summed E-state index contributed by atoms with van der Waals surface area (Å²) in [6.45, 7) is 2.15. The average Bonchev–Trinajstić information content (AvgIpc) is 3.47. The first-order chi connectivity index (χ1) is 13.7. The minimum absolute atomic E-state index is 0.412. The number of imidazole rings is 1. The molecule has 4 aromatic heterocycles. The molecule has 28 heavy (non-hydrogen) atoms. The first-order valence-electron chi connectivity index (χ1n) is 8.92. The molecule has 0 amide bonds. The van der Waals surface area contributed by atoms with Gasteiger partial charge in [0.2, 0.25) is 4.96 Å². The lowest BCUT2D eigenvalue weighted by molar-refractivity contribution is 0.167. The van der Waals surface area contributed by atoms with Gasteiger partial charge >= 0.3 is 0 Å². The number of nitrogens with zero attached hydrogens (tertiary/aromatic N) is 5. The van der Waals surface area contributed by atoms with Crippen molar-refractivity contribution in [3.8, 4) is 28.1 Å². The summed E-state index contributed by atoms with van der Waals surface area (Å²) < 4.78 is 25.5. The fourth-order valence-electron chi connectivity index (χ4n) is 3.20. The van der Waals surface area contributed by atoms with E-state index in [4.69, 9.17) is 18.9 Å². The third-order valence-electron chi connectivity index (χ3n) is 4.71. The van der Waals surface area contributed by atoms with Crippen LogP contribution in [0.4, 0.5) is 0 Å². The first-order valence-corrected chi connectivity index (χ1v) is 9.73. The minimum atomic E-state index is 0.412. The Kier molecular flexibility index (Phi) is 4.29. The minimum Gasteiger partial charge on any atom is -0.495 e. The molecular formula is C18H19N5O4S. The summed E-state index contributed by atoms with van der Waals surface area (Å²) in [4.78, 5) is 5.35. The fraction of sp³-hybridized carbons (Fsp3) is 0.389. The molecule has 1 atom stereocenters. The highest BCUT2D eigenvalue weighted by Gasteiger charge is 2.19. The Bertz CT molecular complexity index is 1100. The van der Waals surface area contributed by atoms with Gasteiger partial charge in [-0.3, -0.25) is 0 Å². The number of rotatable bonds is 6. The van der Waals surface area contributed by atoms with E-state index in [0.717, 1.165) is 47.2 Å². The van der Waals surface area contributed by atoms with Gasteiger partial charge < -0.3 is 18.9 Å². The highest BCUT2D eigenvalue weighted by molar-refractivity contribution is 7.18. The molecule has 0 spiro atoms. The molecule has 1 aliphatic rings. The molecule has 0 saturated carbocycles. The van der Waals surface area contributed by atoms with E-state index in [9.17, 15) is 0 Å². The van der Waals surface area contributed by atoms with Crippen molar-refractivity contribution in [1.82, 2.24) is 24.2 Å². The Morgan fingerprint density at radius 3 is 2.82 bits per heavy atom. The van der Waals surface area contributed by atoms with Crippen LogP contribution in [0, 0.1) is 5.92 Å². The standard InChI is InChI=1S/C18H19N5O4S/c1-24-12-5-16(27-10-11-3-4-26-9-11)15-6-13(20-22(15)7-12)14-8-23-17(19-14)28-18(21-23)25-2/h5-8,11H,3-4,9-10H2,1-2H3. The lowest BCUT2D eigenvalue weighted by Gasteiger charge is -2.12. The van der Waals surface area contributed by atoms with Crippen LogP contribution in [0.25, 0.3) is 21.9 Å². The van der Waals surface area contributed by atoms with Gasteiger partial charge in [-0.1, -0.05) is 0 Å². The molecule has 1 unspecified atom stereocenters. The quantitative estimate of drug-likeness (QED) is 0.491. The zero-order valence-electron chi connectivity index (χ0n) is 15.5. The highest BCUT2D eigenvalue weighted by Crippen LogP contribution is 2.31. The molecule has 0 aliphatic carbocycles. The van der Waals surface area contributed by atoms with Crippen LogP contribution >= 0.6 is 11.3 Å². The van der Waals surface area contributed by atoms with Crippen molar-refractivity contribution in [3.05, 3.63) is 24.5 Å². The van der Waals surface area contributed by atoms with Gasteiger partial charge in [0, 0.05) is 18.6 Å². The number of aromatic nitrogens is 5. The van der Waals surface area contributed by atoms with Crippen molar-refractivity contribution >= 4 is 21.8 Å². The van der Waals surface area contributed by atoms with E-state index in [1.165, 1.54) is 11.3 Å². The van der Waals surface area contributed by atoms with Gasteiger partial charge in [-0.15, -0.1) is 5.10 Å². The second kappa shape index (κ2) is 6.95. The zero-order chi connectivity index (χ0) is 19.1. The summed E-state index contributed by atoms with van der Waals surface area (Å²) in [6, 6.07) is 3.85. The van der Waals surface area contributed by atoms with Crippen molar-refractivity contribution < 1.29 is 18.9 Å². The predicted molar refractivity (Wildman–Crippen MR) is 103 cm³/mol. The number of hydrogen-bond donors (Lipinski definition) is 0. The number of pyridine rings is 1. The highest BCUT2D eigenvalue weighted by atomic mass is 32.1. The summed E-state index contributed by atoms with van der Waals surface area (Å²) >= 11 is 1.38. The Hall–Kier alpha value is -2.85. The van der Waals surface area contributed by atoms with E-state index in [2.05, 4.69) is 15.2 Å². The van der Waals surface area contributed by atoms with Gasteiger partial charge in [0.05, 0.1) is 39.8 Å². The molecule has 5 heterocycles. The van der Waals surface area contributed by atoms with Crippen molar-refractivity contribution in [2.75, 3.05) is 34.0 Å². The topological polar surface area (TPSA) is 84.4 Å². The maximum atomic E-state index is 6.10. The van der Waals surface area contributed by atoms with Gasteiger partial charge in [-0.25, -0.2) is 14.0 Å². The van der Waals surface area contributed by atoms with E-state index in [-0.39, 0.29) is 0 Å². The smallest absolute Gasteiger partial charge is 0.294 e. The monoisotopic (exact) mass is 401 g/mol. The number of fused-ring (bicyclic) bond motifs is 2. The maximum absolute atomic E-state index is 6.10. The molecule has 1 fully saturated rings. The largest absolute Gasteiger partial charge is 0.495 e. The van der Waals surface area contributed by atoms with Gasteiger partial charge in [0.15, 0.2) is 0 Å². The van der Waals surface area contributed by atoms with Crippen molar-refractivity contribution in [1.29, 1.82) is 0 Å². The van der Waals surface area contributed by atoms with E-state index in [0.29, 0.717) is 23.5 Å². The maximum Gasteiger partial charge on any atom is 0.294 e. The molecular weight excluding hydrogens is 382 g/mol. The Morgan fingerprint density at radius 2 is 2.07 bits per heavy atom. The number of methoxy groups -OCH3 is 2. The van der Waals surface area contributed by atoms with Crippen molar-refractivity contribution in [2.24, 2.45) is 5.92 Å². The molecule has 0 aromatic carbocycles. The molecule has 4 aromatic rings. The molecule has 1 saturated heterocycles. The van der Waals surface area contributed by atoms with Gasteiger partial charge in [-0.2, -0.15) is 5.10 Å². The molecule has 0 bridgehead atoms. The van der Waals surface area contributed by atoms with Crippen LogP contribution in [0.5, 0.6) is 16.7 Å². The summed E-state index contributed by atoms with van der Waals surface area (Å²) in [5, 5.41) is 9.53. The predicted octanol–water partition coefficient (Wildman–Crippen LogP) is 2.54. The molecule has 5 rings (SSSR count). The number of ether oxygens (including phenoxy) is 4. The third-order valence-corrected chi connectivity index (χ3v) is 5.59. The summed E-state index contributed by atoms with van der Waals surface area (Å²) in [5.41, 5.74) is 2.33. The molecule has 10 heteroatoms. The molecule has 0 N–H and O–H groups in total. The fourth-order valence-corrected chi connectivity index (χ4v) is 3.90.